The normalized spacial score (nSPS) is 17.2. The van der Waals surface area contributed by atoms with Gasteiger partial charge in [0.1, 0.15) is 6.10 Å². The number of hydroxylamine groups is 4. The molecule has 11 rings (SSSR count). The number of aliphatic hydroxyl groups excluding tert-OH is 4. The van der Waals surface area contributed by atoms with E-state index >= 15 is 0 Å². The highest BCUT2D eigenvalue weighted by Crippen LogP contribution is 2.43. The summed E-state index contributed by atoms with van der Waals surface area (Å²) in [7, 11) is -5.07. The number of rotatable bonds is 53. The minimum Gasteiger partial charge on any atom is -0.382 e. The van der Waals surface area contributed by atoms with Gasteiger partial charge in [0.2, 0.25) is 20.0 Å². The standard InChI is InChI=1S/C54H70Cl4N4O14S2.C24H33Cl2N3O5S.C12H12N2O10.CH4/c1-61-33-45(43-29-39(55)31-49(57)47(43)35-61)37-7-3-9-41(27-37)77(67,68)26-6-15-72-19-23-75-22-18-71-14-5-11-51(63)52(64)53(65)54(66)59-12-16-73-20-24-76-25-21-74-17-13-60-78(69,70)42-10-4-8-38(28-42)46-34-62(2)36-48-44(46)30-40(56)32-50(48)58;1-29-16-22(21-14-19(25)15-24(26)23(21)17-29)18-3-2-4-20(13-18)35(30,31)28-6-8-33-10-12-34-11-9-32-7-5-27;15-5-1-2-6(16)13(5)23-11(21)9(19)10(20)12(22)24-14-7(17)3-4-8(14)18;/h3-4,7-10,27-32,45-46,52-53,60,64-65H,5-6,11-26,33-36H2,1-2H3,(H,59,66);2-4,13-15,22,28H,5-12,16-17,27H2,1H3;9-10,19-20H,1-4H2;1H4. The van der Waals surface area contributed by atoms with E-state index in [2.05, 4.69) is 39.1 Å². The average Bonchev–Trinajstić information content (AvgIpc) is 1.10. The number of carbonyl (C=O) groups excluding carboxylic acids is 8. The average molecular weight is 2110 g/mol. The highest BCUT2D eigenvalue weighted by molar-refractivity contribution is 7.91. The van der Waals surface area contributed by atoms with Crippen LogP contribution in [0.4, 0.5) is 0 Å². The maximum Gasteiger partial charge on any atom is 0.364 e. The van der Waals surface area contributed by atoms with Gasteiger partial charge in [0.05, 0.1) is 126 Å². The molecule has 2 fully saturated rings. The number of nitrogens with zero attached hydrogens (tertiary/aromatic N) is 5. The fraction of sp³-hybridized carbons (Fsp3) is 0.516. The number of Topliss-reactive ketones (excluding diaryl/α,β-unsaturated/α-hetero) is 1. The summed E-state index contributed by atoms with van der Waals surface area (Å²) < 4.78 is 133. The molecule has 7 unspecified atom stereocenters. The third kappa shape index (κ3) is 35.5. The minimum atomic E-state index is -3.82. The summed E-state index contributed by atoms with van der Waals surface area (Å²) in [5.74, 6) is -8.58. The van der Waals surface area contributed by atoms with Crippen molar-refractivity contribution in [2.45, 2.75) is 129 Å². The monoisotopic (exact) mass is 2110 g/mol. The number of halogens is 6. The van der Waals surface area contributed by atoms with Crippen molar-refractivity contribution in [1.82, 2.24) is 39.6 Å². The second kappa shape index (κ2) is 57.7. The Bertz CT molecular complexity index is 5180. The topological polar surface area (TPSA) is 500 Å². The third-order valence-electron chi connectivity index (χ3n) is 21.8. The number of nitrogens with one attached hydrogen (secondary N) is 3. The predicted octanol–water partition coefficient (Wildman–Crippen LogP) is 6.30. The predicted molar refractivity (Wildman–Crippen MR) is 509 cm³/mol. The Balaban J connectivity index is 0.000000316. The summed E-state index contributed by atoms with van der Waals surface area (Å²) in [6.45, 7) is 9.89. The number of hydrogen-bond acceptors (Lipinski definition) is 33. The number of aliphatic hydroxyl groups is 4. The molecule has 0 saturated carbocycles. The maximum absolute atomic E-state index is 13.3. The number of benzene rings is 6. The molecule has 38 nitrogen and oxygen atoms in total. The molecule has 0 spiro atoms. The number of likely N-dealkylation sites (N-methyl/N-ethyl adjacent to an activating group) is 3. The fourth-order valence-electron chi connectivity index (χ4n) is 15.0. The lowest BCUT2D eigenvalue weighted by atomic mass is 9.85. The van der Waals surface area contributed by atoms with Crippen molar-refractivity contribution >= 4 is 147 Å². The lowest BCUT2D eigenvalue weighted by Gasteiger charge is -2.33. The first-order chi connectivity index (χ1) is 65.4. The van der Waals surface area contributed by atoms with Crippen LogP contribution in [0.2, 0.25) is 30.1 Å². The van der Waals surface area contributed by atoms with Crippen LogP contribution in [0.25, 0.3) is 0 Å². The van der Waals surface area contributed by atoms with Gasteiger partial charge in [0, 0.05) is 159 Å². The number of sulfonamides is 2. The van der Waals surface area contributed by atoms with E-state index in [0.717, 1.165) is 56.6 Å². The zero-order chi connectivity index (χ0) is 99.5. The van der Waals surface area contributed by atoms with Crippen molar-refractivity contribution in [2.24, 2.45) is 5.73 Å². The Morgan fingerprint density at radius 3 is 1.07 bits per heavy atom. The summed E-state index contributed by atoms with van der Waals surface area (Å²) >= 11 is 38.4. The van der Waals surface area contributed by atoms with Gasteiger partial charge in [-0.15, -0.1) is 10.1 Å². The molecule has 762 valence electrons. The molecule has 0 radical (unpaired) electrons. The highest BCUT2D eigenvalue weighted by atomic mass is 35.5. The Morgan fingerprint density at radius 1 is 0.406 bits per heavy atom. The molecule has 6 aromatic carbocycles. The van der Waals surface area contributed by atoms with Gasteiger partial charge in [-0.1, -0.05) is 113 Å². The Hall–Kier alpha value is -7.49. The van der Waals surface area contributed by atoms with Gasteiger partial charge in [0.25, 0.3) is 29.5 Å². The molecule has 5 heterocycles. The molecular weight excluding hydrogens is 1990 g/mol. The summed E-state index contributed by atoms with van der Waals surface area (Å²) in [6, 6.07) is 31.8. The van der Waals surface area contributed by atoms with Gasteiger partial charge in [-0.25, -0.2) is 44.3 Å². The van der Waals surface area contributed by atoms with E-state index in [1.807, 2.05) is 57.5 Å². The zero-order valence-electron chi connectivity index (χ0n) is 75.7. The molecule has 0 aliphatic carbocycles. The number of carbonyl (C=O) groups is 8. The van der Waals surface area contributed by atoms with Crippen LogP contribution >= 0.6 is 69.6 Å². The van der Waals surface area contributed by atoms with Gasteiger partial charge in [-0.3, -0.25) is 28.8 Å². The first-order valence-electron chi connectivity index (χ1n) is 44.0. The Labute approximate surface area is 832 Å². The lowest BCUT2D eigenvalue weighted by molar-refractivity contribution is -0.216. The molecule has 9 N–H and O–H groups in total. The molecule has 2 saturated heterocycles. The third-order valence-corrected chi connectivity index (χ3v) is 28.2. The number of hydrogen-bond donors (Lipinski definition) is 8. The molecule has 138 heavy (non-hydrogen) atoms. The smallest absolute Gasteiger partial charge is 0.364 e. The van der Waals surface area contributed by atoms with Gasteiger partial charge in [-0.05, 0) is 157 Å². The molecule has 5 amide bonds. The number of imide groups is 2. The van der Waals surface area contributed by atoms with Crippen LogP contribution in [0.1, 0.15) is 120 Å². The van der Waals surface area contributed by atoms with Crippen molar-refractivity contribution in [2.75, 3.05) is 192 Å². The van der Waals surface area contributed by atoms with Crippen molar-refractivity contribution in [3.8, 4) is 0 Å². The van der Waals surface area contributed by atoms with Crippen molar-refractivity contribution in [1.29, 1.82) is 0 Å². The summed E-state index contributed by atoms with van der Waals surface area (Å²) in [4.78, 5) is 109. The maximum atomic E-state index is 13.3. The summed E-state index contributed by atoms with van der Waals surface area (Å²) in [6.07, 6.45) is -9.20. The Kier molecular flexibility index (Phi) is 48.4. The van der Waals surface area contributed by atoms with E-state index in [1.54, 1.807) is 72.8 Å². The Morgan fingerprint density at radius 2 is 0.717 bits per heavy atom. The van der Waals surface area contributed by atoms with E-state index < -0.39 is 102 Å². The largest absolute Gasteiger partial charge is 0.382 e. The number of ether oxygens (including phenoxy) is 9. The zero-order valence-corrected chi connectivity index (χ0v) is 82.7. The quantitative estimate of drug-likeness (QED) is 0.0153. The van der Waals surface area contributed by atoms with E-state index in [0.29, 0.717) is 109 Å². The van der Waals surface area contributed by atoms with Crippen LogP contribution < -0.4 is 20.5 Å². The molecule has 0 aromatic heterocycles. The summed E-state index contributed by atoms with van der Waals surface area (Å²) in [5, 5.41) is 45.6. The van der Waals surface area contributed by atoms with Crippen LogP contribution in [0.3, 0.4) is 0 Å². The van der Waals surface area contributed by atoms with E-state index in [9.17, 15) is 84.0 Å². The van der Waals surface area contributed by atoms with Crippen molar-refractivity contribution < 1.29 is 136 Å². The fourth-order valence-corrected chi connectivity index (χ4v) is 20.2. The first kappa shape index (κ1) is 116. The van der Waals surface area contributed by atoms with Gasteiger partial charge in [-0.2, -0.15) is 0 Å². The number of ketones is 1. The number of sulfone groups is 1. The SMILES string of the molecule is C.CN1Cc2c(Cl)cc(Cl)cc2C(c2cccc(S(=O)(=O)CCCOCCOCCOCCCC(=O)C(O)C(O)C(=O)NCCOCCOCCOCCNS(=O)(=O)c3cccc(C4CN(C)Cc5c(Cl)cc(Cl)cc54)c3)c2)C1.CN1Cc2c(Cl)cc(Cl)cc2C(c2cccc(S(=O)(=O)NCCOCCOCCOCCN)c2)C1.O=C(ON1C(=O)CCC1=O)C(O)C(O)C(=O)ON1C(=O)CCC1=O. The van der Waals surface area contributed by atoms with E-state index in [4.69, 9.17) is 118 Å². The van der Waals surface area contributed by atoms with Crippen LogP contribution in [0, 0.1) is 0 Å². The number of amides is 5. The number of fused-ring (bicyclic) bond motifs is 3. The van der Waals surface area contributed by atoms with E-state index in [-0.39, 0.29) is 200 Å². The second-order valence-corrected chi connectivity index (χ2v) is 40.4. The summed E-state index contributed by atoms with van der Waals surface area (Å²) in [5.41, 5.74) is 13.9. The van der Waals surface area contributed by atoms with Gasteiger partial charge in [0.15, 0.2) is 33.9 Å². The lowest BCUT2D eigenvalue weighted by Crippen LogP contribution is -2.47. The van der Waals surface area contributed by atoms with Crippen molar-refractivity contribution in [3.05, 3.63) is 189 Å². The van der Waals surface area contributed by atoms with Crippen LogP contribution in [0.15, 0.2) is 124 Å². The van der Waals surface area contributed by atoms with Gasteiger partial charge >= 0.3 is 11.9 Å². The van der Waals surface area contributed by atoms with Crippen LogP contribution in [-0.2, 0) is 140 Å². The van der Waals surface area contributed by atoms with E-state index in [1.165, 1.54) is 0 Å². The molecule has 5 aliphatic rings. The molecular formula is C91H119Cl6N9O29S3. The molecule has 0 bridgehead atoms. The number of nitrogens with two attached hydrogens (primary N) is 1. The van der Waals surface area contributed by atoms with Gasteiger partial charge < -0.3 is 98.5 Å². The molecule has 5 aliphatic heterocycles. The van der Waals surface area contributed by atoms with Crippen LogP contribution in [0.5, 0.6) is 0 Å². The molecule has 6 aromatic rings. The minimum absolute atomic E-state index is 0. The molecule has 7 atom stereocenters. The highest BCUT2D eigenvalue weighted by Gasteiger charge is 2.43. The first-order valence-corrected chi connectivity index (χ1v) is 50.9. The molecule has 47 heteroatoms. The van der Waals surface area contributed by atoms with Crippen molar-refractivity contribution in [3.63, 3.8) is 0 Å². The second-order valence-electron chi connectivity index (χ2n) is 32.2. The van der Waals surface area contributed by atoms with Crippen LogP contribution in [-0.4, -0.2) is 334 Å².